The molecule has 2 heterocycles. The molecule has 0 spiro atoms. The highest BCUT2D eigenvalue weighted by molar-refractivity contribution is 8.13. The van der Waals surface area contributed by atoms with E-state index in [-0.39, 0.29) is 5.16 Å². The first-order valence-corrected chi connectivity index (χ1v) is 7.42. The second kappa shape index (κ2) is 4.89. The van der Waals surface area contributed by atoms with Crippen molar-refractivity contribution >= 4 is 19.7 Å². The van der Waals surface area contributed by atoms with E-state index >= 15 is 0 Å². The van der Waals surface area contributed by atoms with Crippen molar-refractivity contribution in [3.8, 4) is 0 Å². The van der Waals surface area contributed by atoms with Crippen LogP contribution >= 0.6 is 10.7 Å². The molecule has 1 aromatic rings. The van der Waals surface area contributed by atoms with Gasteiger partial charge in [-0.2, -0.15) is 0 Å². The van der Waals surface area contributed by atoms with Gasteiger partial charge in [0.1, 0.15) is 6.10 Å². The minimum atomic E-state index is -3.90. The van der Waals surface area contributed by atoms with Crippen LogP contribution in [0, 0.1) is 0 Å². The van der Waals surface area contributed by atoms with Gasteiger partial charge in [0.05, 0.1) is 19.8 Å². The average molecular weight is 282 g/mol. The molecule has 0 saturated carbocycles. The van der Waals surface area contributed by atoms with Crippen LogP contribution in [0.1, 0.15) is 18.9 Å². The van der Waals surface area contributed by atoms with Crippen molar-refractivity contribution in [1.82, 2.24) is 14.8 Å². The zero-order chi connectivity index (χ0) is 12.5. The van der Waals surface area contributed by atoms with E-state index < -0.39 is 15.2 Å². The van der Waals surface area contributed by atoms with Crippen LogP contribution < -0.4 is 0 Å². The lowest BCUT2D eigenvalue weighted by atomic mass is 10.3. The maximum absolute atomic E-state index is 11.3. The zero-order valence-electron chi connectivity index (χ0n) is 9.17. The lowest BCUT2D eigenvalue weighted by molar-refractivity contribution is -0.0949. The van der Waals surface area contributed by atoms with Crippen molar-refractivity contribution < 1.29 is 17.9 Å². The van der Waals surface area contributed by atoms with E-state index in [4.69, 9.17) is 20.2 Å². The molecule has 0 bridgehead atoms. The van der Waals surface area contributed by atoms with Crippen LogP contribution in [0.2, 0.25) is 0 Å². The largest absolute Gasteiger partial charge is 0.376 e. The molecule has 0 aromatic carbocycles. The normalized spacial score (nSPS) is 21.6. The Hall–Kier alpha value is -0.700. The van der Waals surface area contributed by atoms with Crippen molar-refractivity contribution in [3.63, 3.8) is 0 Å². The van der Waals surface area contributed by atoms with Gasteiger partial charge in [-0.25, -0.2) is 8.42 Å². The summed E-state index contributed by atoms with van der Waals surface area (Å²) < 4.78 is 34.7. The molecule has 1 aliphatic rings. The van der Waals surface area contributed by atoms with E-state index in [2.05, 4.69) is 10.2 Å². The van der Waals surface area contributed by atoms with E-state index in [0.717, 1.165) is 0 Å². The van der Waals surface area contributed by atoms with E-state index in [1.807, 2.05) is 0 Å². The summed E-state index contributed by atoms with van der Waals surface area (Å²) in [6.07, 6.45) is -0.400. The standard InChI is InChI=1S/C8H12ClN3O4S/c1-2-12-7(6-5-15-3-4-16-6)10-11-8(12)17(9,13)14/h6H,2-5H2,1H3. The van der Waals surface area contributed by atoms with Gasteiger partial charge in [-0.05, 0) is 6.92 Å². The van der Waals surface area contributed by atoms with E-state index in [1.54, 1.807) is 6.92 Å². The smallest absolute Gasteiger partial charge is 0.296 e. The molecule has 1 aliphatic heterocycles. The molecule has 1 saturated heterocycles. The van der Waals surface area contributed by atoms with Crippen LogP contribution in [0.3, 0.4) is 0 Å². The number of nitrogens with zero attached hydrogens (tertiary/aromatic N) is 3. The molecular formula is C8H12ClN3O4S. The fourth-order valence-corrected chi connectivity index (χ4v) is 2.62. The highest BCUT2D eigenvalue weighted by atomic mass is 35.7. The molecule has 7 nitrogen and oxygen atoms in total. The Morgan fingerprint density at radius 2 is 2.24 bits per heavy atom. The van der Waals surface area contributed by atoms with Crippen LogP contribution in [-0.2, 0) is 25.1 Å². The molecule has 1 fully saturated rings. The van der Waals surface area contributed by atoms with Gasteiger partial charge in [-0.1, -0.05) is 0 Å². The van der Waals surface area contributed by atoms with Gasteiger partial charge in [0.15, 0.2) is 5.82 Å². The first kappa shape index (κ1) is 12.7. The maximum atomic E-state index is 11.3. The minimum absolute atomic E-state index is 0.258. The molecule has 17 heavy (non-hydrogen) atoms. The van der Waals surface area contributed by atoms with Gasteiger partial charge in [0, 0.05) is 17.2 Å². The van der Waals surface area contributed by atoms with Crippen molar-refractivity contribution in [2.75, 3.05) is 19.8 Å². The molecule has 1 unspecified atom stereocenters. The van der Waals surface area contributed by atoms with Crippen molar-refractivity contribution in [2.45, 2.75) is 24.7 Å². The molecule has 1 aromatic heterocycles. The summed E-state index contributed by atoms with van der Waals surface area (Å²) in [5, 5.41) is 7.15. The van der Waals surface area contributed by atoms with Crippen molar-refractivity contribution in [2.24, 2.45) is 0 Å². The van der Waals surface area contributed by atoms with Gasteiger partial charge >= 0.3 is 0 Å². The topological polar surface area (TPSA) is 83.3 Å². The molecule has 0 amide bonds. The third-order valence-corrected chi connectivity index (χ3v) is 3.54. The van der Waals surface area contributed by atoms with Gasteiger partial charge in [-0.3, -0.25) is 4.57 Å². The molecule has 9 heteroatoms. The Kier molecular flexibility index (Phi) is 3.67. The second-order valence-corrected chi connectivity index (χ2v) is 5.92. The summed E-state index contributed by atoms with van der Waals surface area (Å²) in [5.74, 6) is 0.423. The number of hydrogen-bond donors (Lipinski definition) is 0. The van der Waals surface area contributed by atoms with Crippen LogP contribution in [0.25, 0.3) is 0 Å². The summed E-state index contributed by atoms with van der Waals surface area (Å²) in [6.45, 7) is 3.48. The summed E-state index contributed by atoms with van der Waals surface area (Å²) in [5.41, 5.74) is 0. The fraction of sp³-hybridized carbons (Fsp3) is 0.750. The molecule has 0 radical (unpaired) electrons. The molecule has 0 aliphatic carbocycles. The number of hydrogen-bond acceptors (Lipinski definition) is 6. The van der Waals surface area contributed by atoms with Crippen molar-refractivity contribution in [1.29, 1.82) is 0 Å². The molecule has 2 rings (SSSR count). The van der Waals surface area contributed by atoms with E-state index in [1.165, 1.54) is 4.57 Å². The zero-order valence-corrected chi connectivity index (χ0v) is 10.7. The van der Waals surface area contributed by atoms with Crippen LogP contribution in [0.15, 0.2) is 5.16 Å². The Balaban J connectivity index is 2.38. The number of rotatable bonds is 3. The first-order chi connectivity index (χ1) is 8.04. The Labute approximate surface area is 103 Å². The number of halogens is 1. The summed E-state index contributed by atoms with van der Waals surface area (Å²) in [6, 6.07) is 0. The lowest BCUT2D eigenvalue weighted by Crippen LogP contribution is -2.25. The highest BCUT2D eigenvalue weighted by Gasteiger charge is 2.28. The fourth-order valence-electron chi connectivity index (χ4n) is 1.65. The minimum Gasteiger partial charge on any atom is -0.376 e. The van der Waals surface area contributed by atoms with E-state index in [0.29, 0.717) is 32.2 Å². The van der Waals surface area contributed by atoms with Crippen LogP contribution in [-0.4, -0.2) is 43.0 Å². The lowest BCUT2D eigenvalue weighted by Gasteiger charge is -2.22. The molecule has 96 valence electrons. The highest BCUT2D eigenvalue weighted by Crippen LogP contribution is 2.22. The Bertz CT molecular complexity index is 495. The molecule has 0 N–H and O–H groups in total. The molecule has 1 atom stereocenters. The summed E-state index contributed by atoms with van der Waals surface area (Å²) >= 11 is 0. The number of aromatic nitrogens is 3. The third kappa shape index (κ3) is 2.59. The molecular weight excluding hydrogens is 270 g/mol. The SMILES string of the molecule is CCn1c(C2COCCO2)nnc1S(=O)(=O)Cl. The third-order valence-electron chi connectivity index (χ3n) is 2.38. The second-order valence-electron chi connectivity index (χ2n) is 3.46. The Morgan fingerprint density at radius 3 is 2.76 bits per heavy atom. The Morgan fingerprint density at radius 1 is 1.47 bits per heavy atom. The van der Waals surface area contributed by atoms with Gasteiger partial charge < -0.3 is 9.47 Å². The van der Waals surface area contributed by atoms with Crippen LogP contribution in [0.5, 0.6) is 0 Å². The first-order valence-electron chi connectivity index (χ1n) is 5.11. The number of ether oxygens (including phenoxy) is 2. The van der Waals surface area contributed by atoms with Gasteiger partial charge in [-0.15, -0.1) is 10.2 Å². The van der Waals surface area contributed by atoms with Gasteiger partial charge in [0.2, 0.25) is 0 Å². The predicted octanol–water partition coefficient (Wildman–Crippen LogP) is 0.313. The van der Waals surface area contributed by atoms with E-state index in [9.17, 15) is 8.42 Å². The summed E-state index contributed by atoms with van der Waals surface area (Å²) in [7, 11) is 1.37. The maximum Gasteiger partial charge on any atom is 0.296 e. The van der Waals surface area contributed by atoms with Crippen LogP contribution in [0.4, 0.5) is 0 Å². The average Bonchev–Trinajstić information content (AvgIpc) is 2.73. The van der Waals surface area contributed by atoms with Crippen molar-refractivity contribution in [3.05, 3.63) is 5.82 Å². The quantitative estimate of drug-likeness (QED) is 0.742. The van der Waals surface area contributed by atoms with Gasteiger partial charge in [0.25, 0.3) is 14.2 Å². The summed E-state index contributed by atoms with van der Waals surface area (Å²) in [4.78, 5) is 0. The predicted molar refractivity (Wildman–Crippen MR) is 58.2 cm³/mol. The monoisotopic (exact) mass is 281 g/mol.